The molecule has 0 spiro atoms. The Morgan fingerprint density at radius 1 is 0.960 bits per heavy atom. The fraction of sp³-hybridized carbons (Fsp3) is 0. The number of hydrogen-bond acceptors (Lipinski definition) is 3. The van der Waals surface area contributed by atoms with E-state index in [9.17, 15) is 4.79 Å². The van der Waals surface area contributed by atoms with Gasteiger partial charge in [-0.15, -0.1) is 20.6 Å². The van der Waals surface area contributed by atoms with E-state index in [1.807, 2.05) is 54.6 Å². The highest BCUT2D eigenvalue weighted by atomic mass is 32.1. The number of benzene rings is 3. The summed E-state index contributed by atoms with van der Waals surface area (Å²) in [5.41, 5.74) is 3.29. The molecule has 1 atom stereocenters. The van der Waals surface area contributed by atoms with Gasteiger partial charge in [0.05, 0.1) is 15.9 Å². The number of amides is 1. The number of nitrogens with one attached hydrogen (secondary N) is 1. The average Bonchev–Trinajstić information content (AvgIpc) is 3.08. The van der Waals surface area contributed by atoms with Crippen LogP contribution in [0.3, 0.4) is 0 Å². The summed E-state index contributed by atoms with van der Waals surface area (Å²) in [5.74, 6) is -0.125. The molecule has 0 aliphatic rings. The molecule has 4 rings (SSSR count). The zero-order chi connectivity index (χ0) is 17.2. The quantitative estimate of drug-likeness (QED) is 0.536. The van der Waals surface area contributed by atoms with Crippen LogP contribution in [0.1, 0.15) is 10.4 Å². The number of nitrogens with zero attached hydrogens (tertiary/aromatic N) is 1. The van der Waals surface area contributed by atoms with E-state index in [4.69, 9.17) is 4.98 Å². The van der Waals surface area contributed by atoms with E-state index in [1.54, 1.807) is 23.5 Å². The molecule has 0 saturated heterocycles. The average molecular weight is 362 g/mol. The standard InChI is InChI=1S/C20H15N2OPS/c23-19(13-6-2-1-3-7-13)21-16-11-10-14(24)12-15(16)20-22-17-8-4-5-9-18(17)25-20/h1-12H,24H2,(H,21,23). The summed E-state index contributed by atoms with van der Waals surface area (Å²) in [6.45, 7) is 0. The van der Waals surface area contributed by atoms with Gasteiger partial charge in [-0.2, -0.15) is 0 Å². The Hall–Kier alpha value is -2.55. The highest BCUT2D eigenvalue weighted by Crippen LogP contribution is 2.34. The maximum atomic E-state index is 12.5. The third-order valence-electron chi connectivity index (χ3n) is 3.85. The smallest absolute Gasteiger partial charge is 0.255 e. The van der Waals surface area contributed by atoms with E-state index in [2.05, 4.69) is 20.6 Å². The van der Waals surface area contributed by atoms with Crippen molar-refractivity contribution in [2.45, 2.75) is 0 Å². The number of aromatic nitrogens is 1. The van der Waals surface area contributed by atoms with E-state index in [-0.39, 0.29) is 5.91 Å². The summed E-state index contributed by atoms with van der Waals surface area (Å²) in [4.78, 5) is 17.2. The van der Waals surface area contributed by atoms with Crippen molar-refractivity contribution in [1.29, 1.82) is 0 Å². The van der Waals surface area contributed by atoms with E-state index in [0.29, 0.717) is 5.56 Å². The molecule has 0 fully saturated rings. The van der Waals surface area contributed by atoms with Crippen molar-refractivity contribution in [2.24, 2.45) is 0 Å². The van der Waals surface area contributed by atoms with Crippen LogP contribution in [0, 0.1) is 0 Å². The van der Waals surface area contributed by atoms with E-state index >= 15 is 0 Å². The summed E-state index contributed by atoms with van der Waals surface area (Å²) >= 11 is 1.62. The van der Waals surface area contributed by atoms with Crippen LogP contribution in [0.5, 0.6) is 0 Å². The number of anilines is 1. The van der Waals surface area contributed by atoms with Gasteiger partial charge < -0.3 is 5.32 Å². The monoisotopic (exact) mass is 362 g/mol. The summed E-state index contributed by atoms with van der Waals surface area (Å²) in [6, 6.07) is 23.2. The number of fused-ring (bicyclic) bond motifs is 1. The normalized spacial score (nSPS) is 10.8. The molecule has 0 aliphatic carbocycles. The zero-order valence-electron chi connectivity index (χ0n) is 13.3. The fourth-order valence-electron chi connectivity index (χ4n) is 2.62. The first-order valence-corrected chi connectivity index (χ1v) is 9.22. The lowest BCUT2D eigenvalue weighted by Crippen LogP contribution is -2.13. The molecule has 0 aliphatic heterocycles. The van der Waals surface area contributed by atoms with Crippen LogP contribution < -0.4 is 10.6 Å². The van der Waals surface area contributed by atoms with Gasteiger partial charge in [0.25, 0.3) is 5.91 Å². The molecule has 1 amide bonds. The highest BCUT2D eigenvalue weighted by Gasteiger charge is 2.14. The Balaban J connectivity index is 1.75. The molecule has 122 valence electrons. The molecule has 0 bridgehead atoms. The van der Waals surface area contributed by atoms with Gasteiger partial charge in [0.1, 0.15) is 5.01 Å². The molecular weight excluding hydrogens is 347 g/mol. The first kappa shape index (κ1) is 15.9. The maximum Gasteiger partial charge on any atom is 0.255 e. The summed E-state index contributed by atoms with van der Waals surface area (Å²) < 4.78 is 1.13. The zero-order valence-corrected chi connectivity index (χ0v) is 15.2. The lowest BCUT2D eigenvalue weighted by Gasteiger charge is -2.10. The number of hydrogen-bond donors (Lipinski definition) is 1. The van der Waals surface area contributed by atoms with Gasteiger partial charge >= 0.3 is 0 Å². The van der Waals surface area contributed by atoms with Crippen LogP contribution in [0.4, 0.5) is 5.69 Å². The second-order valence-electron chi connectivity index (χ2n) is 5.61. The SMILES string of the molecule is O=C(Nc1ccc(P)cc1-c1nc2ccccc2s1)c1ccccc1. The molecule has 0 saturated carbocycles. The minimum absolute atomic E-state index is 0.125. The third kappa shape index (κ3) is 3.32. The molecule has 5 heteroatoms. The van der Waals surface area contributed by atoms with Gasteiger partial charge in [-0.3, -0.25) is 4.79 Å². The third-order valence-corrected chi connectivity index (χ3v) is 5.28. The number of rotatable bonds is 3. The first-order chi connectivity index (χ1) is 12.2. The molecule has 1 heterocycles. The van der Waals surface area contributed by atoms with Crippen LogP contribution >= 0.6 is 20.6 Å². The summed E-state index contributed by atoms with van der Waals surface area (Å²) in [5, 5.41) is 4.96. The molecule has 0 radical (unpaired) electrons. The summed E-state index contributed by atoms with van der Waals surface area (Å²) in [7, 11) is 2.70. The van der Waals surface area contributed by atoms with Crippen molar-refractivity contribution in [3.05, 3.63) is 78.4 Å². The number of carbonyl (C=O) groups is 1. The molecule has 1 N–H and O–H groups in total. The predicted octanol–water partition coefficient (Wildman–Crippen LogP) is 4.72. The molecule has 3 aromatic carbocycles. The molecule has 1 unspecified atom stereocenters. The Morgan fingerprint density at radius 3 is 2.52 bits per heavy atom. The number of thiazole rings is 1. The highest BCUT2D eigenvalue weighted by molar-refractivity contribution is 7.27. The fourth-order valence-corrected chi connectivity index (χ4v) is 3.88. The second-order valence-corrected chi connectivity index (χ2v) is 7.31. The predicted molar refractivity (Wildman–Crippen MR) is 109 cm³/mol. The van der Waals surface area contributed by atoms with Crippen LogP contribution in [0.2, 0.25) is 0 Å². The second kappa shape index (κ2) is 6.75. The first-order valence-electron chi connectivity index (χ1n) is 7.82. The Labute approximate surface area is 151 Å². The topological polar surface area (TPSA) is 42.0 Å². The molecular formula is C20H15N2OPS. The van der Waals surface area contributed by atoms with Crippen molar-refractivity contribution >= 4 is 47.7 Å². The van der Waals surface area contributed by atoms with Gasteiger partial charge in [0, 0.05) is 11.1 Å². The van der Waals surface area contributed by atoms with Crippen molar-refractivity contribution in [3.63, 3.8) is 0 Å². The lowest BCUT2D eigenvalue weighted by molar-refractivity contribution is 0.102. The van der Waals surface area contributed by atoms with E-state index < -0.39 is 0 Å². The minimum atomic E-state index is -0.125. The van der Waals surface area contributed by atoms with Crippen molar-refractivity contribution < 1.29 is 4.79 Å². The Bertz CT molecular complexity index is 1030. The van der Waals surface area contributed by atoms with Crippen LogP contribution in [0.25, 0.3) is 20.8 Å². The van der Waals surface area contributed by atoms with Gasteiger partial charge in [0.2, 0.25) is 0 Å². The van der Waals surface area contributed by atoms with Crippen LogP contribution in [-0.4, -0.2) is 10.9 Å². The summed E-state index contributed by atoms with van der Waals surface area (Å²) in [6.07, 6.45) is 0. The van der Waals surface area contributed by atoms with Crippen LogP contribution in [0.15, 0.2) is 72.8 Å². The largest absolute Gasteiger partial charge is 0.321 e. The van der Waals surface area contributed by atoms with Crippen LogP contribution in [-0.2, 0) is 0 Å². The maximum absolute atomic E-state index is 12.5. The van der Waals surface area contributed by atoms with Gasteiger partial charge in [-0.1, -0.05) is 36.4 Å². The minimum Gasteiger partial charge on any atom is -0.321 e. The number of carbonyl (C=O) groups excluding carboxylic acids is 1. The molecule has 4 aromatic rings. The van der Waals surface area contributed by atoms with E-state index in [1.165, 1.54) is 0 Å². The van der Waals surface area contributed by atoms with Gasteiger partial charge in [0.15, 0.2) is 0 Å². The number of para-hydroxylation sites is 1. The lowest BCUT2D eigenvalue weighted by atomic mass is 10.1. The molecule has 25 heavy (non-hydrogen) atoms. The van der Waals surface area contributed by atoms with Gasteiger partial charge in [-0.05, 0) is 41.7 Å². The van der Waals surface area contributed by atoms with Gasteiger partial charge in [-0.25, -0.2) is 4.98 Å². The van der Waals surface area contributed by atoms with Crippen molar-refractivity contribution in [1.82, 2.24) is 4.98 Å². The van der Waals surface area contributed by atoms with Crippen molar-refractivity contribution in [2.75, 3.05) is 5.32 Å². The molecule has 3 nitrogen and oxygen atoms in total. The van der Waals surface area contributed by atoms with E-state index in [0.717, 1.165) is 31.8 Å². The Morgan fingerprint density at radius 2 is 1.72 bits per heavy atom. The Kier molecular flexibility index (Phi) is 4.31. The van der Waals surface area contributed by atoms with Crippen molar-refractivity contribution in [3.8, 4) is 10.6 Å². The molecule has 1 aromatic heterocycles.